The van der Waals surface area contributed by atoms with E-state index in [1.54, 1.807) is 6.07 Å². The van der Waals surface area contributed by atoms with Crippen molar-refractivity contribution in [3.05, 3.63) is 35.4 Å². The summed E-state index contributed by atoms with van der Waals surface area (Å²) in [6.07, 6.45) is 0. The summed E-state index contributed by atoms with van der Waals surface area (Å²) >= 11 is 0. The number of hydrogen-bond acceptors (Lipinski definition) is 4. The van der Waals surface area contributed by atoms with Gasteiger partial charge in [0.1, 0.15) is 0 Å². The molecule has 0 atom stereocenters. The molecule has 2 N–H and O–H groups in total. The molecule has 1 aromatic carbocycles. The van der Waals surface area contributed by atoms with Crippen molar-refractivity contribution in [2.45, 2.75) is 25.2 Å². The zero-order valence-corrected chi connectivity index (χ0v) is 12.8. The fourth-order valence-electron chi connectivity index (χ4n) is 2.22. The highest BCUT2D eigenvalue weighted by atomic mass is 32.2. The normalized spacial score (nSPS) is 18.5. The van der Waals surface area contributed by atoms with Crippen LogP contribution in [0.15, 0.2) is 24.3 Å². The number of hydrogen-bond donors (Lipinski definition) is 2. The van der Waals surface area contributed by atoms with Gasteiger partial charge in [0.05, 0.1) is 16.9 Å². The van der Waals surface area contributed by atoms with E-state index in [1.165, 1.54) is 22.5 Å². The molecule has 0 bridgehead atoms. The molecule has 1 aromatic rings. The summed E-state index contributed by atoms with van der Waals surface area (Å²) in [5.74, 6) is -1.37. The number of benzene rings is 1. The number of carboxylic acids is 1. The fraction of sp³-hybridized carbons (Fsp3) is 0.500. The van der Waals surface area contributed by atoms with Crippen molar-refractivity contribution in [2.75, 3.05) is 13.1 Å². The molecule has 1 aliphatic heterocycles. The van der Waals surface area contributed by atoms with Crippen LogP contribution in [0.25, 0.3) is 0 Å². The number of aliphatic hydroxyl groups is 1. The van der Waals surface area contributed by atoms with Crippen LogP contribution in [-0.2, 0) is 15.8 Å². The van der Waals surface area contributed by atoms with E-state index in [9.17, 15) is 18.3 Å². The number of rotatable bonds is 5. The fourth-order valence-corrected chi connectivity index (χ4v) is 3.85. The zero-order valence-electron chi connectivity index (χ0n) is 12.0. The lowest BCUT2D eigenvalue weighted by Crippen LogP contribution is -2.65. The average molecular weight is 313 g/mol. The molecule has 1 aliphatic rings. The summed E-state index contributed by atoms with van der Waals surface area (Å²) in [6, 6.07) is 5.88. The highest BCUT2D eigenvalue weighted by molar-refractivity contribution is 7.88. The lowest BCUT2D eigenvalue weighted by atomic mass is 9.85. The molecule has 1 heterocycles. The third-order valence-corrected chi connectivity index (χ3v) is 5.63. The molecule has 116 valence electrons. The van der Waals surface area contributed by atoms with Crippen LogP contribution >= 0.6 is 0 Å². The summed E-state index contributed by atoms with van der Waals surface area (Å²) in [4.78, 5) is 10.9. The van der Waals surface area contributed by atoms with E-state index in [4.69, 9.17) is 5.11 Å². The molecule has 0 saturated carbocycles. The van der Waals surface area contributed by atoms with E-state index >= 15 is 0 Å². The van der Waals surface area contributed by atoms with E-state index < -0.39 is 21.6 Å². The van der Waals surface area contributed by atoms with Gasteiger partial charge in [-0.25, -0.2) is 13.2 Å². The van der Waals surface area contributed by atoms with Crippen molar-refractivity contribution in [3.63, 3.8) is 0 Å². The number of carboxylic acid groups (broad SMARTS) is 1. The summed E-state index contributed by atoms with van der Waals surface area (Å²) in [5.41, 5.74) is -0.476. The minimum absolute atomic E-state index is 0.0145. The van der Waals surface area contributed by atoms with Gasteiger partial charge in [-0.15, -0.1) is 0 Å². The molecule has 0 amide bonds. The van der Waals surface area contributed by atoms with E-state index in [0.717, 1.165) is 0 Å². The van der Waals surface area contributed by atoms with Crippen LogP contribution in [-0.4, -0.2) is 47.6 Å². The van der Waals surface area contributed by atoms with Gasteiger partial charge in [0.25, 0.3) is 0 Å². The van der Waals surface area contributed by atoms with Gasteiger partial charge in [0, 0.05) is 13.1 Å². The molecular weight excluding hydrogens is 294 g/mol. The van der Waals surface area contributed by atoms with Crippen molar-refractivity contribution >= 4 is 16.0 Å². The smallest absolute Gasteiger partial charge is 0.335 e. The zero-order chi connectivity index (χ0) is 15.8. The molecule has 7 heteroatoms. The minimum atomic E-state index is -3.54. The Morgan fingerprint density at radius 3 is 2.52 bits per heavy atom. The molecule has 2 rings (SSSR count). The maximum Gasteiger partial charge on any atom is 0.335 e. The lowest BCUT2D eigenvalue weighted by molar-refractivity contribution is -0.0933. The summed E-state index contributed by atoms with van der Waals surface area (Å²) in [6.45, 7) is 3.87. The molecule has 0 spiro atoms. The number of sulfonamides is 1. The Kier molecular flexibility index (Phi) is 4.10. The van der Waals surface area contributed by atoms with Gasteiger partial charge in [-0.05, 0) is 23.6 Å². The topological polar surface area (TPSA) is 94.9 Å². The summed E-state index contributed by atoms with van der Waals surface area (Å²) in [5, 5.41) is 19.0. The largest absolute Gasteiger partial charge is 0.478 e. The predicted molar refractivity (Wildman–Crippen MR) is 77.4 cm³/mol. The number of β-amino-alcohol motifs (C(OH)–C–C–N with tert-alkyl or cyclic N) is 1. The molecule has 0 aromatic heterocycles. The lowest BCUT2D eigenvalue weighted by Gasteiger charge is -2.47. The molecule has 0 radical (unpaired) electrons. The Morgan fingerprint density at radius 1 is 1.38 bits per heavy atom. The van der Waals surface area contributed by atoms with Gasteiger partial charge in [0.15, 0.2) is 0 Å². The summed E-state index contributed by atoms with van der Waals surface area (Å²) < 4.78 is 25.7. The van der Waals surface area contributed by atoms with E-state index in [0.29, 0.717) is 5.56 Å². The van der Waals surface area contributed by atoms with Crippen LogP contribution in [0.4, 0.5) is 0 Å². The second kappa shape index (κ2) is 5.40. The first-order valence-electron chi connectivity index (χ1n) is 6.66. The number of carbonyl (C=O) groups is 1. The van der Waals surface area contributed by atoms with E-state index in [2.05, 4.69) is 0 Å². The van der Waals surface area contributed by atoms with Gasteiger partial charge in [-0.3, -0.25) is 0 Å². The van der Waals surface area contributed by atoms with Crippen molar-refractivity contribution in [2.24, 2.45) is 5.92 Å². The van der Waals surface area contributed by atoms with E-state index in [1.807, 2.05) is 13.8 Å². The standard InChI is InChI=1S/C14H19NO5S/c1-10(2)14(18)8-15(9-14)21(19,20)7-11-4-3-5-12(6-11)13(16)17/h3-6,10,18H,7-9H2,1-2H3,(H,16,17). The van der Waals surface area contributed by atoms with Crippen molar-refractivity contribution in [1.29, 1.82) is 0 Å². The SMILES string of the molecule is CC(C)C1(O)CN(S(=O)(=O)Cc2cccc(C(=O)O)c2)C1. The molecule has 1 fully saturated rings. The number of nitrogens with zero attached hydrogens (tertiary/aromatic N) is 1. The van der Waals surface area contributed by atoms with Gasteiger partial charge < -0.3 is 10.2 Å². The molecular formula is C14H19NO5S. The first kappa shape index (κ1) is 15.9. The van der Waals surface area contributed by atoms with Crippen LogP contribution in [0.3, 0.4) is 0 Å². The molecule has 0 aliphatic carbocycles. The van der Waals surface area contributed by atoms with Crippen molar-refractivity contribution in [3.8, 4) is 0 Å². The Labute approximate surface area is 124 Å². The first-order chi connectivity index (χ1) is 9.64. The van der Waals surface area contributed by atoms with Gasteiger partial charge in [-0.2, -0.15) is 4.31 Å². The predicted octanol–water partition coefficient (Wildman–Crippen LogP) is 0.917. The average Bonchev–Trinajstić information content (AvgIpc) is 2.34. The second-order valence-corrected chi connectivity index (χ2v) is 7.76. The van der Waals surface area contributed by atoms with Gasteiger partial charge in [-0.1, -0.05) is 26.0 Å². The maximum absolute atomic E-state index is 12.2. The monoisotopic (exact) mass is 313 g/mol. The van der Waals surface area contributed by atoms with Crippen LogP contribution in [0.1, 0.15) is 29.8 Å². The number of aromatic carboxylic acids is 1. The van der Waals surface area contributed by atoms with Gasteiger partial charge in [0.2, 0.25) is 10.0 Å². The Balaban J connectivity index is 2.09. The molecule has 0 unspecified atom stereocenters. The second-order valence-electron chi connectivity index (χ2n) is 5.79. The Bertz CT molecular complexity index is 647. The van der Waals surface area contributed by atoms with Crippen LogP contribution in [0, 0.1) is 5.92 Å². The third kappa shape index (κ3) is 3.25. The highest BCUT2D eigenvalue weighted by Gasteiger charge is 2.48. The van der Waals surface area contributed by atoms with Crippen LogP contribution in [0.5, 0.6) is 0 Å². The quantitative estimate of drug-likeness (QED) is 0.843. The van der Waals surface area contributed by atoms with Crippen molar-refractivity contribution < 1.29 is 23.4 Å². The first-order valence-corrected chi connectivity index (χ1v) is 8.27. The van der Waals surface area contributed by atoms with E-state index in [-0.39, 0.29) is 30.3 Å². The van der Waals surface area contributed by atoms with Gasteiger partial charge >= 0.3 is 5.97 Å². The van der Waals surface area contributed by atoms with Crippen molar-refractivity contribution in [1.82, 2.24) is 4.31 Å². The molecule has 1 saturated heterocycles. The minimum Gasteiger partial charge on any atom is -0.478 e. The highest BCUT2D eigenvalue weighted by Crippen LogP contribution is 2.31. The molecule has 6 nitrogen and oxygen atoms in total. The molecule has 21 heavy (non-hydrogen) atoms. The Hall–Kier alpha value is -1.44. The van der Waals surface area contributed by atoms with Crippen LogP contribution < -0.4 is 0 Å². The van der Waals surface area contributed by atoms with Crippen LogP contribution in [0.2, 0.25) is 0 Å². The Morgan fingerprint density at radius 2 is 2.00 bits per heavy atom. The third-order valence-electron chi connectivity index (χ3n) is 3.89. The maximum atomic E-state index is 12.2. The summed E-state index contributed by atoms with van der Waals surface area (Å²) in [7, 11) is -3.54.